The van der Waals surface area contributed by atoms with Crippen LogP contribution in [0.1, 0.15) is 30.5 Å². The average molecular weight is 341 g/mol. The molecule has 0 fully saturated rings. The summed E-state index contributed by atoms with van der Waals surface area (Å²) in [4.78, 5) is 23.8. The van der Waals surface area contributed by atoms with Gasteiger partial charge in [0.05, 0.1) is 6.04 Å². The molecule has 6 nitrogen and oxygen atoms in total. The van der Waals surface area contributed by atoms with E-state index in [4.69, 9.17) is 14.2 Å². The van der Waals surface area contributed by atoms with E-state index in [1.165, 1.54) is 6.92 Å². The molecular formula is C19H19NO5. The molecule has 0 saturated heterocycles. The third kappa shape index (κ3) is 4.29. The summed E-state index contributed by atoms with van der Waals surface area (Å²) < 4.78 is 15.9. The maximum Gasteiger partial charge on any atom is 0.413 e. The van der Waals surface area contributed by atoms with Gasteiger partial charge in [-0.25, -0.2) is 4.79 Å². The Balaban J connectivity index is 1.73. The molecule has 2 aromatic carbocycles. The zero-order valence-electron chi connectivity index (χ0n) is 14.1. The van der Waals surface area contributed by atoms with Crippen LogP contribution < -0.4 is 19.5 Å². The average Bonchev–Trinajstić information content (AvgIpc) is 3.03. The molecule has 0 bridgehead atoms. The van der Waals surface area contributed by atoms with E-state index in [-0.39, 0.29) is 19.0 Å². The summed E-state index contributed by atoms with van der Waals surface area (Å²) >= 11 is 0. The molecule has 0 radical (unpaired) electrons. The molecule has 6 heteroatoms. The van der Waals surface area contributed by atoms with E-state index in [1.807, 2.05) is 19.1 Å². The van der Waals surface area contributed by atoms with Gasteiger partial charge in [0, 0.05) is 6.42 Å². The third-order valence-electron chi connectivity index (χ3n) is 3.81. The number of benzene rings is 2. The maximum atomic E-state index is 12.2. The Bertz CT molecular complexity index is 785. The normalized spacial score (nSPS) is 13.2. The topological polar surface area (TPSA) is 73.9 Å². The SMILES string of the molecule is CC(=O)C[C@H](NC(=O)Oc1ccc(C)cc1)c1ccc2c(c1)OCO2. The van der Waals surface area contributed by atoms with Crippen molar-refractivity contribution < 1.29 is 23.8 Å². The summed E-state index contributed by atoms with van der Waals surface area (Å²) in [7, 11) is 0. The number of aryl methyl sites for hydroxylation is 1. The molecule has 0 aromatic heterocycles. The molecule has 1 aliphatic heterocycles. The van der Waals surface area contributed by atoms with Crippen molar-refractivity contribution in [1.82, 2.24) is 5.32 Å². The van der Waals surface area contributed by atoms with Crippen molar-refractivity contribution in [2.45, 2.75) is 26.3 Å². The van der Waals surface area contributed by atoms with Gasteiger partial charge in [-0.05, 0) is 43.7 Å². The molecule has 3 rings (SSSR count). The summed E-state index contributed by atoms with van der Waals surface area (Å²) in [6, 6.07) is 12.0. The van der Waals surface area contributed by atoms with Crippen molar-refractivity contribution in [3.8, 4) is 17.2 Å². The number of carbonyl (C=O) groups excluding carboxylic acids is 2. The Kier molecular flexibility index (Phi) is 4.88. The number of carbonyl (C=O) groups is 2. The van der Waals surface area contributed by atoms with Crippen molar-refractivity contribution in [2.24, 2.45) is 0 Å². The Labute approximate surface area is 145 Å². The highest BCUT2D eigenvalue weighted by atomic mass is 16.7. The van der Waals surface area contributed by atoms with Gasteiger partial charge in [0.25, 0.3) is 0 Å². The van der Waals surface area contributed by atoms with Crippen molar-refractivity contribution in [1.29, 1.82) is 0 Å². The number of Topliss-reactive ketones (excluding diaryl/α,β-unsaturated/α-hetero) is 1. The van der Waals surface area contributed by atoms with E-state index < -0.39 is 12.1 Å². The Hall–Kier alpha value is -3.02. The fraction of sp³-hybridized carbons (Fsp3) is 0.263. The van der Waals surface area contributed by atoms with Gasteiger partial charge in [-0.2, -0.15) is 0 Å². The number of amides is 1. The standard InChI is InChI=1S/C19H19NO5/c1-12-3-6-15(7-4-12)25-19(22)20-16(9-13(2)21)14-5-8-17-18(10-14)24-11-23-17/h3-8,10,16H,9,11H2,1-2H3,(H,20,22)/t16-/m0/s1. The molecular weight excluding hydrogens is 322 g/mol. The highest BCUT2D eigenvalue weighted by Gasteiger charge is 2.21. The van der Waals surface area contributed by atoms with E-state index in [0.717, 1.165) is 11.1 Å². The molecule has 1 aliphatic rings. The first-order valence-corrected chi connectivity index (χ1v) is 7.95. The maximum absolute atomic E-state index is 12.2. The number of ketones is 1. The number of rotatable bonds is 5. The first-order valence-electron chi connectivity index (χ1n) is 7.95. The lowest BCUT2D eigenvalue weighted by Crippen LogP contribution is -2.32. The van der Waals surface area contributed by atoms with Crippen LogP contribution in [0.15, 0.2) is 42.5 Å². The summed E-state index contributed by atoms with van der Waals surface area (Å²) in [6.45, 7) is 3.60. The Morgan fingerprint density at radius 3 is 2.56 bits per heavy atom. The van der Waals surface area contributed by atoms with Crippen LogP contribution in [0.25, 0.3) is 0 Å². The van der Waals surface area contributed by atoms with Crippen LogP contribution in [0.5, 0.6) is 17.2 Å². The molecule has 0 aliphatic carbocycles. The van der Waals surface area contributed by atoms with E-state index in [2.05, 4.69) is 5.32 Å². The van der Waals surface area contributed by atoms with E-state index >= 15 is 0 Å². The predicted octanol–water partition coefficient (Wildman–Crippen LogP) is 3.53. The zero-order chi connectivity index (χ0) is 17.8. The minimum atomic E-state index is -0.618. The highest BCUT2D eigenvalue weighted by Crippen LogP contribution is 2.34. The Morgan fingerprint density at radius 1 is 1.12 bits per heavy atom. The van der Waals surface area contributed by atoms with Gasteiger partial charge in [0.1, 0.15) is 11.5 Å². The number of fused-ring (bicyclic) bond motifs is 1. The van der Waals surface area contributed by atoms with E-state index in [1.54, 1.807) is 30.3 Å². The second-order valence-corrected chi connectivity index (χ2v) is 5.92. The van der Waals surface area contributed by atoms with Gasteiger partial charge in [-0.1, -0.05) is 23.8 Å². The second kappa shape index (κ2) is 7.25. The van der Waals surface area contributed by atoms with Crippen LogP contribution in [0, 0.1) is 6.92 Å². The van der Waals surface area contributed by atoms with Gasteiger partial charge in [0.15, 0.2) is 11.5 Å². The van der Waals surface area contributed by atoms with Crippen LogP contribution in [0.4, 0.5) is 4.79 Å². The molecule has 1 amide bonds. The van der Waals surface area contributed by atoms with Crippen LogP contribution in [0.3, 0.4) is 0 Å². The van der Waals surface area contributed by atoms with Crippen molar-refractivity contribution >= 4 is 11.9 Å². The van der Waals surface area contributed by atoms with Crippen LogP contribution >= 0.6 is 0 Å². The van der Waals surface area contributed by atoms with Crippen molar-refractivity contribution in [3.63, 3.8) is 0 Å². The van der Waals surface area contributed by atoms with Gasteiger partial charge in [-0.3, -0.25) is 4.79 Å². The summed E-state index contributed by atoms with van der Waals surface area (Å²) in [5.74, 6) is 1.64. The van der Waals surface area contributed by atoms with Crippen LogP contribution in [0.2, 0.25) is 0 Å². The number of hydrogen-bond acceptors (Lipinski definition) is 5. The number of ether oxygens (including phenoxy) is 3. The van der Waals surface area contributed by atoms with Gasteiger partial charge >= 0.3 is 6.09 Å². The fourth-order valence-electron chi connectivity index (χ4n) is 2.55. The lowest BCUT2D eigenvalue weighted by molar-refractivity contribution is -0.117. The molecule has 2 aromatic rings. The summed E-state index contributed by atoms with van der Waals surface area (Å²) in [5, 5.41) is 2.74. The molecule has 130 valence electrons. The molecule has 1 atom stereocenters. The first-order chi connectivity index (χ1) is 12.0. The first kappa shape index (κ1) is 16.8. The largest absolute Gasteiger partial charge is 0.454 e. The fourth-order valence-corrected chi connectivity index (χ4v) is 2.55. The molecule has 0 spiro atoms. The minimum Gasteiger partial charge on any atom is -0.454 e. The summed E-state index contributed by atoms with van der Waals surface area (Å²) in [5.41, 5.74) is 1.82. The van der Waals surface area contributed by atoms with Crippen LogP contribution in [-0.4, -0.2) is 18.7 Å². The zero-order valence-corrected chi connectivity index (χ0v) is 14.1. The highest BCUT2D eigenvalue weighted by molar-refractivity contribution is 5.78. The smallest absolute Gasteiger partial charge is 0.413 e. The van der Waals surface area contributed by atoms with Gasteiger partial charge < -0.3 is 19.5 Å². The molecule has 0 unspecified atom stereocenters. The van der Waals surface area contributed by atoms with E-state index in [9.17, 15) is 9.59 Å². The second-order valence-electron chi connectivity index (χ2n) is 5.92. The minimum absolute atomic E-state index is 0.0432. The van der Waals surface area contributed by atoms with Gasteiger partial charge in [0.2, 0.25) is 6.79 Å². The third-order valence-corrected chi connectivity index (χ3v) is 3.81. The summed E-state index contributed by atoms with van der Waals surface area (Å²) in [6.07, 6.45) is -0.462. The molecule has 1 N–H and O–H groups in total. The van der Waals surface area contributed by atoms with Gasteiger partial charge in [-0.15, -0.1) is 0 Å². The van der Waals surface area contributed by atoms with Crippen molar-refractivity contribution in [3.05, 3.63) is 53.6 Å². The van der Waals surface area contributed by atoms with Crippen LogP contribution in [-0.2, 0) is 4.79 Å². The Morgan fingerprint density at radius 2 is 1.84 bits per heavy atom. The number of nitrogens with one attached hydrogen (secondary N) is 1. The molecule has 0 saturated carbocycles. The quantitative estimate of drug-likeness (QED) is 0.900. The number of hydrogen-bond donors (Lipinski definition) is 1. The predicted molar refractivity (Wildman–Crippen MR) is 90.9 cm³/mol. The van der Waals surface area contributed by atoms with E-state index in [0.29, 0.717) is 17.2 Å². The lowest BCUT2D eigenvalue weighted by atomic mass is 10.0. The monoisotopic (exact) mass is 341 g/mol. The molecule has 25 heavy (non-hydrogen) atoms. The lowest BCUT2D eigenvalue weighted by Gasteiger charge is -2.18. The molecule has 1 heterocycles. The van der Waals surface area contributed by atoms with Crippen molar-refractivity contribution in [2.75, 3.05) is 6.79 Å².